The van der Waals surface area contributed by atoms with E-state index in [-0.39, 0.29) is 0 Å². The maximum absolute atomic E-state index is 9.55. The molecule has 8 heteroatoms. The molecule has 0 spiro atoms. The molecule has 0 unspecified atom stereocenters. The predicted molar refractivity (Wildman–Crippen MR) is 94.0 cm³/mol. The van der Waals surface area contributed by atoms with Gasteiger partial charge in [0.25, 0.3) is 0 Å². The molecule has 144 valence electrons. The minimum Gasteiger partial charge on any atom is -0.478 e. The summed E-state index contributed by atoms with van der Waals surface area (Å²) in [6.07, 6.45) is 5.82. The second-order valence-corrected chi connectivity index (χ2v) is 4.52. The number of nitrogens with two attached hydrogens (primary N) is 2. The highest BCUT2D eigenvalue weighted by molar-refractivity contribution is 5.89. The van der Waals surface area contributed by atoms with E-state index in [9.17, 15) is 9.59 Å². The molecule has 0 aromatic carbocycles. The van der Waals surface area contributed by atoms with Crippen molar-refractivity contribution in [2.45, 2.75) is 39.5 Å². The first kappa shape index (κ1) is 27.4. The van der Waals surface area contributed by atoms with E-state index in [1.807, 2.05) is 0 Å². The number of carbonyl (C=O) groups is 2. The Hall–Kier alpha value is -1.48. The van der Waals surface area contributed by atoms with Gasteiger partial charge in [0, 0.05) is 38.5 Å². The van der Waals surface area contributed by atoms with E-state index in [1.165, 1.54) is 12.8 Å². The summed E-state index contributed by atoms with van der Waals surface area (Å²) >= 11 is 0. The molecule has 8 nitrogen and oxygen atoms in total. The average molecular weight is 350 g/mol. The summed E-state index contributed by atoms with van der Waals surface area (Å²) in [6.45, 7) is 8.73. The number of hydrogen-bond donors (Lipinski definition) is 4. The van der Waals surface area contributed by atoms with Gasteiger partial charge in [0.1, 0.15) is 0 Å². The Morgan fingerprint density at radius 2 is 1.12 bits per heavy atom. The average Bonchev–Trinajstić information content (AvgIpc) is 2.55. The molecule has 24 heavy (non-hydrogen) atoms. The molecule has 0 saturated heterocycles. The van der Waals surface area contributed by atoms with Crippen LogP contribution in [0.25, 0.3) is 0 Å². The van der Waals surface area contributed by atoms with E-state index in [0.29, 0.717) is 38.5 Å². The zero-order chi connectivity index (χ0) is 19.1. The van der Waals surface area contributed by atoms with E-state index in [1.54, 1.807) is 0 Å². The summed E-state index contributed by atoms with van der Waals surface area (Å²) in [4.78, 5) is 19.1. The highest BCUT2D eigenvalue weighted by Crippen LogP contribution is 1.86. The summed E-state index contributed by atoms with van der Waals surface area (Å²) < 4.78 is 10.2. The Morgan fingerprint density at radius 1 is 0.792 bits per heavy atom. The molecule has 0 aliphatic heterocycles. The molecule has 0 fully saturated rings. The summed E-state index contributed by atoms with van der Waals surface area (Å²) in [6, 6.07) is 0. The normalized spacial score (nSPS) is 9.67. The third kappa shape index (κ3) is 42.8. The number of unbranched alkanes of at least 4 members (excludes halogenated alkanes) is 2. The molecule has 0 radical (unpaired) electrons. The lowest BCUT2D eigenvalue weighted by Crippen LogP contribution is -2.08. The van der Waals surface area contributed by atoms with Crippen molar-refractivity contribution in [3.05, 3.63) is 12.2 Å². The number of ether oxygens (including phenoxy) is 2. The zero-order valence-electron chi connectivity index (χ0n) is 14.9. The van der Waals surface area contributed by atoms with Crippen LogP contribution in [-0.4, -0.2) is 61.7 Å². The minimum atomic E-state index is -1.26. The van der Waals surface area contributed by atoms with Gasteiger partial charge in [-0.05, 0) is 12.8 Å². The predicted octanol–water partition coefficient (Wildman–Crippen LogP) is 1.24. The zero-order valence-corrected chi connectivity index (χ0v) is 14.9. The standard InChI is InChI=1S/2C6H15NO.C4H4O4/c2*1-2-3-5-8-6-4-7;5-3(6)1-2-4(7)8/h2*2-7H2,1H3;1-2H,(H,5,6)(H,7,8)/b;;2-1-. The number of hydrogen-bond acceptors (Lipinski definition) is 6. The Kier molecular flexibility index (Phi) is 30.1. The molecule has 0 heterocycles. The molecule has 0 bridgehead atoms. The third-order valence-electron chi connectivity index (χ3n) is 2.18. The molecule has 0 aliphatic rings. The van der Waals surface area contributed by atoms with Gasteiger partial charge in [-0.3, -0.25) is 0 Å². The third-order valence-corrected chi connectivity index (χ3v) is 2.18. The highest BCUT2D eigenvalue weighted by atomic mass is 16.5. The molecule has 0 atom stereocenters. The Labute approximate surface area is 144 Å². The van der Waals surface area contributed by atoms with Gasteiger partial charge in [-0.2, -0.15) is 0 Å². The second kappa shape index (κ2) is 26.4. The summed E-state index contributed by atoms with van der Waals surface area (Å²) in [5.41, 5.74) is 10.4. The topological polar surface area (TPSA) is 145 Å². The molecular weight excluding hydrogens is 316 g/mol. The lowest BCUT2D eigenvalue weighted by atomic mass is 10.4. The van der Waals surface area contributed by atoms with Crippen molar-refractivity contribution < 1.29 is 29.3 Å². The van der Waals surface area contributed by atoms with Gasteiger partial charge in [-0.15, -0.1) is 0 Å². The summed E-state index contributed by atoms with van der Waals surface area (Å²) in [5, 5.41) is 15.6. The van der Waals surface area contributed by atoms with Crippen molar-refractivity contribution in [3.63, 3.8) is 0 Å². The van der Waals surface area contributed by atoms with Crippen LogP contribution in [0.5, 0.6) is 0 Å². The van der Waals surface area contributed by atoms with Gasteiger partial charge in [-0.1, -0.05) is 26.7 Å². The maximum Gasteiger partial charge on any atom is 0.328 e. The van der Waals surface area contributed by atoms with E-state index in [4.69, 9.17) is 31.2 Å². The first-order chi connectivity index (χ1) is 11.5. The van der Waals surface area contributed by atoms with Crippen LogP contribution in [0.2, 0.25) is 0 Å². The van der Waals surface area contributed by atoms with Crippen LogP contribution in [0, 0.1) is 0 Å². The van der Waals surface area contributed by atoms with E-state index < -0.39 is 11.9 Å². The molecule has 0 saturated carbocycles. The van der Waals surface area contributed by atoms with Crippen LogP contribution in [0.15, 0.2) is 12.2 Å². The maximum atomic E-state index is 9.55. The van der Waals surface area contributed by atoms with Crippen molar-refractivity contribution in [2.24, 2.45) is 11.5 Å². The van der Waals surface area contributed by atoms with E-state index in [2.05, 4.69) is 13.8 Å². The smallest absolute Gasteiger partial charge is 0.328 e. The fraction of sp³-hybridized carbons (Fsp3) is 0.750. The van der Waals surface area contributed by atoms with Gasteiger partial charge < -0.3 is 31.2 Å². The second-order valence-electron chi connectivity index (χ2n) is 4.52. The molecule has 0 aromatic rings. The first-order valence-corrected chi connectivity index (χ1v) is 8.15. The van der Waals surface area contributed by atoms with Gasteiger partial charge >= 0.3 is 11.9 Å². The van der Waals surface area contributed by atoms with Crippen molar-refractivity contribution in [1.29, 1.82) is 0 Å². The van der Waals surface area contributed by atoms with Crippen LogP contribution in [-0.2, 0) is 19.1 Å². The van der Waals surface area contributed by atoms with Crippen molar-refractivity contribution >= 4 is 11.9 Å². The molecular formula is C16H34N2O6. The number of carboxylic acid groups (broad SMARTS) is 2. The van der Waals surface area contributed by atoms with Gasteiger partial charge in [-0.25, -0.2) is 9.59 Å². The van der Waals surface area contributed by atoms with E-state index in [0.717, 1.165) is 26.1 Å². The van der Waals surface area contributed by atoms with Crippen molar-refractivity contribution in [3.8, 4) is 0 Å². The van der Waals surface area contributed by atoms with Crippen LogP contribution < -0.4 is 11.5 Å². The van der Waals surface area contributed by atoms with Gasteiger partial charge in [0.05, 0.1) is 13.2 Å². The summed E-state index contributed by atoms with van der Waals surface area (Å²) in [5.74, 6) is -2.51. The summed E-state index contributed by atoms with van der Waals surface area (Å²) in [7, 11) is 0. The lowest BCUT2D eigenvalue weighted by molar-refractivity contribution is -0.134. The van der Waals surface area contributed by atoms with Crippen LogP contribution in [0.3, 0.4) is 0 Å². The fourth-order valence-electron chi connectivity index (χ4n) is 1.01. The largest absolute Gasteiger partial charge is 0.478 e. The van der Waals surface area contributed by atoms with Gasteiger partial charge in [0.2, 0.25) is 0 Å². The fourth-order valence-corrected chi connectivity index (χ4v) is 1.01. The lowest BCUT2D eigenvalue weighted by Gasteiger charge is -1.97. The molecule has 0 aliphatic carbocycles. The first-order valence-electron chi connectivity index (χ1n) is 8.15. The number of aliphatic carboxylic acids is 2. The Morgan fingerprint density at radius 3 is 1.33 bits per heavy atom. The Balaban J connectivity index is -0.000000276. The van der Waals surface area contributed by atoms with Crippen molar-refractivity contribution in [2.75, 3.05) is 39.5 Å². The number of carboxylic acids is 2. The molecule has 6 N–H and O–H groups in total. The van der Waals surface area contributed by atoms with E-state index >= 15 is 0 Å². The minimum absolute atomic E-state index is 0.558. The quantitative estimate of drug-likeness (QED) is 0.304. The molecule has 0 rings (SSSR count). The van der Waals surface area contributed by atoms with Crippen LogP contribution in [0.4, 0.5) is 0 Å². The highest BCUT2D eigenvalue weighted by Gasteiger charge is 1.88. The Bertz CT molecular complexity index is 258. The van der Waals surface area contributed by atoms with Crippen LogP contribution in [0.1, 0.15) is 39.5 Å². The number of rotatable bonds is 12. The van der Waals surface area contributed by atoms with Gasteiger partial charge in [0.15, 0.2) is 0 Å². The van der Waals surface area contributed by atoms with Crippen molar-refractivity contribution in [1.82, 2.24) is 0 Å². The van der Waals surface area contributed by atoms with Crippen LogP contribution >= 0.6 is 0 Å². The molecule has 0 aromatic heterocycles. The monoisotopic (exact) mass is 350 g/mol. The SMILES string of the molecule is CCCCOCCN.CCCCOCCN.O=C(O)/C=C\C(=O)O. The molecule has 0 amide bonds.